The molecule has 0 spiro atoms. The minimum atomic E-state index is -0.451. The van der Waals surface area contributed by atoms with E-state index in [2.05, 4.69) is 22.2 Å². The van der Waals surface area contributed by atoms with Crippen LogP contribution in [-0.2, 0) is 4.79 Å². The van der Waals surface area contributed by atoms with Gasteiger partial charge in [0.1, 0.15) is 5.82 Å². The molecule has 2 N–H and O–H groups in total. The molecule has 142 valence electrons. The number of benzene rings is 1. The molecule has 0 aliphatic rings. The van der Waals surface area contributed by atoms with E-state index < -0.39 is 5.92 Å². The van der Waals surface area contributed by atoms with E-state index in [1.165, 1.54) is 37.6 Å². The normalized spacial score (nSPS) is 11.4. The first-order valence-electron chi connectivity index (χ1n) is 8.43. The summed E-state index contributed by atoms with van der Waals surface area (Å²) in [5.74, 6) is -0.956. The molecular weight excluding hydrogens is 349 g/mol. The Hall–Kier alpha value is -3.22. The number of pyridine rings is 1. The Morgan fingerprint density at radius 1 is 1.26 bits per heavy atom. The standard InChI is InChI=1S/C20H22FN3O3/c1-13(14(2)19(25)24-17-6-4-16(21)5-7-17)8-10-23-20(26)15-9-11-22-18(12-15)27-3/h4-7,9,11-12,14H,1,8,10H2,2-3H3,(H,23,26)(H,24,25). The molecule has 27 heavy (non-hydrogen) atoms. The van der Waals surface area contributed by atoms with Crippen molar-refractivity contribution in [3.05, 3.63) is 66.1 Å². The number of hydrogen-bond acceptors (Lipinski definition) is 4. The summed E-state index contributed by atoms with van der Waals surface area (Å²) in [6.45, 7) is 6.00. The van der Waals surface area contributed by atoms with E-state index in [0.717, 1.165) is 0 Å². The van der Waals surface area contributed by atoms with Gasteiger partial charge in [-0.05, 0) is 43.7 Å². The third kappa shape index (κ3) is 5.91. The molecule has 1 aromatic heterocycles. The van der Waals surface area contributed by atoms with Gasteiger partial charge in [0.2, 0.25) is 11.8 Å². The zero-order valence-corrected chi connectivity index (χ0v) is 15.3. The van der Waals surface area contributed by atoms with E-state index in [9.17, 15) is 14.0 Å². The summed E-state index contributed by atoms with van der Waals surface area (Å²) >= 11 is 0. The van der Waals surface area contributed by atoms with Crippen LogP contribution >= 0.6 is 0 Å². The first-order valence-corrected chi connectivity index (χ1v) is 8.43. The number of ether oxygens (including phenoxy) is 1. The third-order valence-electron chi connectivity index (χ3n) is 4.06. The summed E-state index contributed by atoms with van der Waals surface area (Å²) in [6, 6.07) is 8.67. The average Bonchev–Trinajstić information content (AvgIpc) is 2.68. The number of aromatic nitrogens is 1. The second-order valence-corrected chi connectivity index (χ2v) is 5.97. The number of amides is 2. The van der Waals surface area contributed by atoms with Gasteiger partial charge in [0.25, 0.3) is 5.91 Å². The molecule has 2 aromatic rings. The maximum atomic E-state index is 12.9. The fraction of sp³-hybridized carbons (Fsp3) is 0.250. The van der Waals surface area contributed by atoms with Gasteiger partial charge in [-0.3, -0.25) is 9.59 Å². The van der Waals surface area contributed by atoms with Crippen molar-refractivity contribution in [2.24, 2.45) is 5.92 Å². The van der Waals surface area contributed by atoms with Gasteiger partial charge in [0.15, 0.2) is 0 Å². The molecule has 1 unspecified atom stereocenters. The van der Waals surface area contributed by atoms with Crippen LogP contribution in [0.4, 0.5) is 10.1 Å². The van der Waals surface area contributed by atoms with E-state index in [4.69, 9.17) is 4.74 Å². The van der Waals surface area contributed by atoms with Crippen molar-refractivity contribution in [1.29, 1.82) is 0 Å². The number of anilines is 1. The van der Waals surface area contributed by atoms with Gasteiger partial charge >= 0.3 is 0 Å². The van der Waals surface area contributed by atoms with Crippen molar-refractivity contribution in [3.8, 4) is 5.88 Å². The summed E-state index contributed by atoms with van der Waals surface area (Å²) in [4.78, 5) is 28.3. The first kappa shape index (κ1) is 20.1. The monoisotopic (exact) mass is 371 g/mol. The number of halogens is 1. The second-order valence-electron chi connectivity index (χ2n) is 5.97. The Morgan fingerprint density at radius 3 is 2.63 bits per heavy atom. The lowest BCUT2D eigenvalue weighted by molar-refractivity contribution is -0.118. The van der Waals surface area contributed by atoms with Crippen LogP contribution in [0.1, 0.15) is 23.7 Å². The number of hydrogen-bond donors (Lipinski definition) is 2. The molecule has 7 heteroatoms. The van der Waals surface area contributed by atoms with Crippen LogP contribution in [0.3, 0.4) is 0 Å². The molecule has 0 saturated heterocycles. The zero-order valence-electron chi connectivity index (χ0n) is 15.3. The summed E-state index contributed by atoms with van der Waals surface area (Å²) < 4.78 is 17.9. The van der Waals surface area contributed by atoms with E-state index in [-0.39, 0.29) is 17.6 Å². The molecule has 0 bridgehead atoms. The number of carbonyl (C=O) groups excluding carboxylic acids is 2. The molecule has 0 aliphatic carbocycles. The van der Waals surface area contributed by atoms with Gasteiger partial charge in [0, 0.05) is 30.1 Å². The molecule has 0 fully saturated rings. The molecule has 1 aromatic carbocycles. The van der Waals surface area contributed by atoms with Crippen molar-refractivity contribution in [2.75, 3.05) is 19.0 Å². The average molecular weight is 371 g/mol. The minimum Gasteiger partial charge on any atom is -0.481 e. The SMILES string of the molecule is C=C(CCNC(=O)c1ccnc(OC)c1)C(C)C(=O)Nc1ccc(F)cc1. The third-order valence-corrected chi connectivity index (χ3v) is 4.06. The topological polar surface area (TPSA) is 80.3 Å². The molecule has 1 heterocycles. The van der Waals surface area contributed by atoms with Gasteiger partial charge in [0.05, 0.1) is 13.0 Å². The van der Waals surface area contributed by atoms with Crippen molar-refractivity contribution < 1.29 is 18.7 Å². The van der Waals surface area contributed by atoms with Crippen LogP contribution in [0.2, 0.25) is 0 Å². The molecule has 2 amide bonds. The number of nitrogens with one attached hydrogen (secondary N) is 2. The lowest BCUT2D eigenvalue weighted by atomic mass is 9.98. The van der Waals surface area contributed by atoms with Gasteiger partial charge in [-0.1, -0.05) is 12.2 Å². The summed E-state index contributed by atoms with van der Waals surface area (Å²) in [6.07, 6.45) is 1.94. The molecule has 2 rings (SSSR count). The molecule has 0 radical (unpaired) electrons. The Kier molecular flexibility index (Phi) is 7.05. The summed E-state index contributed by atoms with van der Waals surface area (Å²) in [5.41, 5.74) is 1.64. The number of nitrogens with zero attached hydrogens (tertiary/aromatic N) is 1. The first-order chi connectivity index (χ1) is 12.9. The lowest BCUT2D eigenvalue weighted by Crippen LogP contribution is -2.27. The van der Waals surface area contributed by atoms with Crippen molar-refractivity contribution in [1.82, 2.24) is 10.3 Å². The Bertz CT molecular complexity index is 821. The summed E-state index contributed by atoms with van der Waals surface area (Å²) in [5, 5.41) is 5.49. The highest BCUT2D eigenvalue weighted by molar-refractivity contribution is 5.95. The fourth-order valence-electron chi connectivity index (χ4n) is 2.29. The second kappa shape index (κ2) is 9.47. The smallest absolute Gasteiger partial charge is 0.251 e. The Morgan fingerprint density at radius 2 is 1.96 bits per heavy atom. The Labute approximate surface area is 157 Å². The van der Waals surface area contributed by atoms with Gasteiger partial charge < -0.3 is 15.4 Å². The van der Waals surface area contributed by atoms with Gasteiger partial charge in [-0.2, -0.15) is 0 Å². The van der Waals surface area contributed by atoms with Crippen LogP contribution in [0, 0.1) is 11.7 Å². The lowest BCUT2D eigenvalue weighted by Gasteiger charge is -2.15. The van der Waals surface area contributed by atoms with Crippen molar-refractivity contribution >= 4 is 17.5 Å². The minimum absolute atomic E-state index is 0.239. The van der Waals surface area contributed by atoms with E-state index >= 15 is 0 Å². The quantitative estimate of drug-likeness (QED) is 0.699. The number of rotatable bonds is 8. The predicted molar refractivity (Wildman–Crippen MR) is 101 cm³/mol. The Balaban J connectivity index is 1.80. The van der Waals surface area contributed by atoms with Crippen LogP contribution in [0.5, 0.6) is 5.88 Å². The maximum Gasteiger partial charge on any atom is 0.251 e. The van der Waals surface area contributed by atoms with Crippen molar-refractivity contribution in [3.63, 3.8) is 0 Å². The van der Waals surface area contributed by atoms with Gasteiger partial charge in [-0.15, -0.1) is 0 Å². The van der Waals surface area contributed by atoms with Crippen LogP contribution in [0.25, 0.3) is 0 Å². The molecular formula is C20H22FN3O3. The van der Waals surface area contributed by atoms with Crippen LogP contribution in [-0.4, -0.2) is 30.5 Å². The van der Waals surface area contributed by atoms with Gasteiger partial charge in [-0.25, -0.2) is 9.37 Å². The molecule has 0 saturated carbocycles. The molecule has 6 nitrogen and oxygen atoms in total. The molecule has 1 atom stereocenters. The summed E-state index contributed by atoms with van der Waals surface area (Å²) in [7, 11) is 1.48. The number of carbonyl (C=O) groups is 2. The zero-order chi connectivity index (χ0) is 19.8. The van der Waals surface area contributed by atoms with E-state index in [0.29, 0.717) is 35.7 Å². The van der Waals surface area contributed by atoms with Crippen LogP contribution in [0.15, 0.2) is 54.7 Å². The maximum absolute atomic E-state index is 12.9. The number of methoxy groups -OCH3 is 1. The highest BCUT2D eigenvalue weighted by Crippen LogP contribution is 2.16. The predicted octanol–water partition coefficient (Wildman–Crippen LogP) is 3.18. The highest BCUT2D eigenvalue weighted by atomic mass is 19.1. The van der Waals surface area contributed by atoms with Crippen molar-refractivity contribution in [2.45, 2.75) is 13.3 Å². The van der Waals surface area contributed by atoms with Crippen LogP contribution < -0.4 is 15.4 Å². The van der Waals surface area contributed by atoms with E-state index in [1.54, 1.807) is 19.1 Å². The highest BCUT2D eigenvalue weighted by Gasteiger charge is 2.17. The fourth-order valence-corrected chi connectivity index (χ4v) is 2.29. The largest absolute Gasteiger partial charge is 0.481 e. The molecule has 0 aliphatic heterocycles. The van der Waals surface area contributed by atoms with E-state index in [1.807, 2.05) is 0 Å².